The van der Waals surface area contributed by atoms with Crippen molar-refractivity contribution in [2.45, 2.75) is 84.3 Å². The molecule has 15 heteroatoms. The molecule has 4 heterocycles. The summed E-state index contributed by atoms with van der Waals surface area (Å²) in [5, 5.41) is 7.78. The van der Waals surface area contributed by atoms with Gasteiger partial charge in [-0.2, -0.15) is 18.3 Å². The number of ether oxygens (including phenoxy) is 2. The van der Waals surface area contributed by atoms with E-state index in [9.17, 15) is 22.8 Å². The second-order valence-corrected chi connectivity index (χ2v) is 12.7. The zero-order chi connectivity index (χ0) is 34.7. The predicted molar refractivity (Wildman–Crippen MR) is 173 cm³/mol. The van der Waals surface area contributed by atoms with E-state index in [1.165, 1.54) is 11.0 Å². The van der Waals surface area contributed by atoms with Gasteiger partial charge in [0.15, 0.2) is 5.69 Å². The number of hydrogen-bond acceptors (Lipinski definition) is 9. The smallest absolute Gasteiger partial charge is 0.417 e. The normalized spacial score (nSPS) is 19.5. The van der Waals surface area contributed by atoms with Crippen LogP contribution in [0.3, 0.4) is 0 Å². The van der Waals surface area contributed by atoms with E-state index >= 15 is 0 Å². The molecule has 0 saturated carbocycles. The molecule has 3 aromatic rings. The maximum atomic E-state index is 13.6. The molecule has 5 rings (SSSR count). The van der Waals surface area contributed by atoms with E-state index in [0.717, 1.165) is 30.7 Å². The van der Waals surface area contributed by atoms with Crippen LogP contribution in [0.1, 0.15) is 96.4 Å². The van der Waals surface area contributed by atoms with Crippen LogP contribution in [0.4, 0.5) is 19.1 Å². The fourth-order valence-corrected chi connectivity index (χ4v) is 6.35. The molecule has 48 heavy (non-hydrogen) atoms. The molecule has 2 aliphatic rings. The molecule has 1 N–H and O–H groups in total. The summed E-state index contributed by atoms with van der Waals surface area (Å²) in [5.41, 5.74) is 1.04. The summed E-state index contributed by atoms with van der Waals surface area (Å²) in [6.07, 6.45) is 0.155. The van der Waals surface area contributed by atoms with Crippen LogP contribution < -0.4 is 10.2 Å². The Morgan fingerprint density at radius 1 is 1.19 bits per heavy atom. The van der Waals surface area contributed by atoms with Crippen LogP contribution in [0.15, 0.2) is 30.6 Å². The molecule has 1 fully saturated rings. The Morgan fingerprint density at radius 2 is 1.92 bits per heavy atom. The van der Waals surface area contributed by atoms with Gasteiger partial charge in [0.2, 0.25) is 5.95 Å². The van der Waals surface area contributed by atoms with Crippen molar-refractivity contribution in [3.8, 4) is 0 Å². The maximum Gasteiger partial charge on any atom is 0.417 e. The van der Waals surface area contributed by atoms with Gasteiger partial charge in [-0.15, -0.1) is 0 Å². The van der Waals surface area contributed by atoms with Gasteiger partial charge < -0.3 is 24.6 Å². The molecular formula is C33H41ClF3N7O4. The van der Waals surface area contributed by atoms with Gasteiger partial charge >= 0.3 is 12.1 Å². The molecule has 0 radical (unpaired) electrons. The summed E-state index contributed by atoms with van der Waals surface area (Å²) >= 11 is 5.79. The number of rotatable bonds is 10. The molecule has 2 aromatic heterocycles. The van der Waals surface area contributed by atoms with Gasteiger partial charge in [-0.3, -0.25) is 9.48 Å². The SMILES string of the molecule is CCOC(=O)c1c2c(nn1[C@H](C)CNC(C)c1cnc(N3CCOC[C@@H]3CC)nc1)C[C@@H](C)N(C(=O)c1ccc(Cl)c(C(F)(F)F)c1)C2. The van der Waals surface area contributed by atoms with Crippen molar-refractivity contribution in [2.75, 3.05) is 37.8 Å². The summed E-state index contributed by atoms with van der Waals surface area (Å²) < 4.78 is 53.2. The molecule has 1 unspecified atom stereocenters. The van der Waals surface area contributed by atoms with Crippen LogP contribution in [0.25, 0.3) is 0 Å². The average Bonchev–Trinajstić information content (AvgIpc) is 3.44. The van der Waals surface area contributed by atoms with Crippen molar-refractivity contribution in [1.29, 1.82) is 0 Å². The van der Waals surface area contributed by atoms with Crippen LogP contribution >= 0.6 is 11.6 Å². The topological polar surface area (TPSA) is 115 Å². The van der Waals surface area contributed by atoms with Crippen LogP contribution in [0.5, 0.6) is 0 Å². The van der Waals surface area contributed by atoms with Crippen molar-refractivity contribution >= 4 is 29.4 Å². The van der Waals surface area contributed by atoms with Crippen molar-refractivity contribution < 1.29 is 32.2 Å². The van der Waals surface area contributed by atoms with E-state index in [4.69, 9.17) is 26.2 Å². The molecule has 1 amide bonds. The highest BCUT2D eigenvalue weighted by atomic mass is 35.5. The van der Waals surface area contributed by atoms with Crippen molar-refractivity contribution in [3.05, 3.63) is 69.3 Å². The van der Waals surface area contributed by atoms with E-state index in [1.54, 1.807) is 18.5 Å². The Bertz CT molecular complexity index is 1620. The number of fused-ring (bicyclic) bond motifs is 1. The number of alkyl halides is 3. The van der Waals surface area contributed by atoms with Gasteiger partial charge in [-0.05, 0) is 52.3 Å². The van der Waals surface area contributed by atoms with Gasteiger partial charge in [0.1, 0.15) is 0 Å². The Balaban J connectivity index is 1.33. The Kier molecular flexibility index (Phi) is 11.0. The minimum Gasteiger partial charge on any atom is -0.461 e. The van der Waals surface area contributed by atoms with Gasteiger partial charge in [0.05, 0.1) is 54.7 Å². The summed E-state index contributed by atoms with van der Waals surface area (Å²) in [5.74, 6) is -0.515. The molecule has 2 aliphatic heterocycles. The zero-order valence-corrected chi connectivity index (χ0v) is 28.4. The Labute approximate surface area is 282 Å². The van der Waals surface area contributed by atoms with Crippen LogP contribution in [-0.4, -0.2) is 81.5 Å². The number of esters is 1. The van der Waals surface area contributed by atoms with Crippen molar-refractivity contribution in [3.63, 3.8) is 0 Å². The first kappa shape index (κ1) is 35.6. The second kappa shape index (κ2) is 14.8. The molecule has 0 bridgehead atoms. The van der Waals surface area contributed by atoms with Crippen molar-refractivity contribution in [2.24, 2.45) is 0 Å². The molecule has 11 nitrogen and oxygen atoms in total. The lowest BCUT2D eigenvalue weighted by atomic mass is 9.98. The first-order chi connectivity index (χ1) is 22.8. The highest BCUT2D eigenvalue weighted by molar-refractivity contribution is 6.31. The third kappa shape index (κ3) is 7.45. The van der Waals surface area contributed by atoms with E-state index in [2.05, 4.69) is 27.1 Å². The first-order valence-corrected chi connectivity index (χ1v) is 16.6. The number of hydrogen-bond donors (Lipinski definition) is 1. The highest BCUT2D eigenvalue weighted by Gasteiger charge is 2.38. The molecular weight excluding hydrogens is 651 g/mol. The molecule has 1 saturated heterocycles. The number of nitrogens with zero attached hydrogens (tertiary/aromatic N) is 6. The summed E-state index contributed by atoms with van der Waals surface area (Å²) in [6.45, 7) is 12.1. The quantitative estimate of drug-likeness (QED) is 0.270. The van der Waals surface area contributed by atoms with Gasteiger partial charge in [-0.25, -0.2) is 14.8 Å². The fraction of sp³-hybridized carbons (Fsp3) is 0.545. The molecule has 0 spiro atoms. The van der Waals surface area contributed by atoms with Crippen LogP contribution in [0, 0.1) is 0 Å². The Morgan fingerprint density at radius 3 is 2.58 bits per heavy atom. The van der Waals surface area contributed by atoms with Crippen LogP contribution in [-0.2, 0) is 28.6 Å². The summed E-state index contributed by atoms with van der Waals surface area (Å²) in [6, 6.07) is 2.54. The highest BCUT2D eigenvalue weighted by Crippen LogP contribution is 2.36. The van der Waals surface area contributed by atoms with E-state index in [1.807, 2.05) is 26.2 Å². The number of amides is 1. The fourth-order valence-electron chi connectivity index (χ4n) is 6.12. The Hall–Kier alpha value is -3.75. The number of carbonyl (C=O) groups excluding carboxylic acids is 2. The van der Waals surface area contributed by atoms with E-state index < -0.39 is 34.7 Å². The number of carbonyl (C=O) groups is 2. The van der Waals surface area contributed by atoms with E-state index in [-0.39, 0.29) is 42.5 Å². The zero-order valence-electron chi connectivity index (χ0n) is 27.7. The number of aromatic nitrogens is 4. The minimum atomic E-state index is -4.72. The molecule has 260 valence electrons. The van der Waals surface area contributed by atoms with Gasteiger partial charge in [0, 0.05) is 60.7 Å². The largest absolute Gasteiger partial charge is 0.461 e. The standard InChI is InChI=1S/C33H41ClF3N7O4/c1-6-24-18-47-11-10-42(24)32-39-15-23(16-40-32)21(5)38-14-20(4)44-29(31(46)48-7-2)25-17-43(19(3)12-28(25)41-44)30(45)22-8-9-27(34)26(13-22)33(35,36)37/h8-9,13,15-16,19-21,24,38H,6-7,10-12,14,17-18H2,1-5H3/t19-,20-,21?,24+/m1/s1. The van der Waals surface area contributed by atoms with E-state index in [0.29, 0.717) is 43.4 Å². The van der Waals surface area contributed by atoms with Gasteiger partial charge in [-0.1, -0.05) is 18.5 Å². The molecule has 0 aliphatic carbocycles. The predicted octanol–water partition coefficient (Wildman–Crippen LogP) is 5.64. The van der Waals surface area contributed by atoms with Crippen LogP contribution in [0.2, 0.25) is 5.02 Å². The average molecular weight is 692 g/mol. The minimum absolute atomic E-state index is 0.0181. The summed E-state index contributed by atoms with van der Waals surface area (Å²) in [7, 11) is 0. The lowest BCUT2D eigenvalue weighted by Crippen LogP contribution is -2.46. The monoisotopic (exact) mass is 691 g/mol. The van der Waals surface area contributed by atoms with Gasteiger partial charge in [0.25, 0.3) is 5.91 Å². The lowest BCUT2D eigenvalue weighted by molar-refractivity contribution is -0.137. The number of halogens is 4. The summed E-state index contributed by atoms with van der Waals surface area (Å²) in [4.78, 5) is 39.8. The van der Waals surface area contributed by atoms with Crippen molar-refractivity contribution in [1.82, 2.24) is 30.0 Å². The third-order valence-corrected chi connectivity index (χ3v) is 9.27. The second-order valence-electron chi connectivity index (χ2n) is 12.2. The first-order valence-electron chi connectivity index (χ1n) is 16.2. The number of nitrogens with one attached hydrogen (secondary N) is 1. The maximum absolute atomic E-state index is 13.6. The number of morpholine rings is 1. The molecule has 1 aromatic carbocycles. The molecule has 4 atom stereocenters. The number of anilines is 1. The third-order valence-electron chi connectivity index (χ3n) is 8.94. The number of benzene rings is 1. The lowest BCUT2D eigenvalue weighted by Gasteiger charge is -2.35.